The van der Waals surface area contributed by atoms with Gasteiger partial charge in [-0.1, -0.05) is 19.3 Å². The van der Waals surface area contributed by atoms with Gasteiger partial charge in [-0.2, -0.15) is 0 Å². The number of carbonyl (C=O) groups is 1. The molecule has 0 unspecified atom stereocenters. The fourth-order valence-corrected chi connectivity index (χ4v) is 4.30. The average molecular weight is 294 g/mol. The van der Waals surface area contributed by atoms with Gasteiger partial charge in [0.1, 0.15) is 0 Å². The summed E-state index contributed by atoms with van der Waals surface area (Å²) in [6, 6.07) is 0. The van der Waals surface area contributed by atoms with Crippen molar-refractivity contribution in [3.63, 3.8) is 0 Å². The second-order valence-corrected chi connectivity index (χ2v) is 7.38. The minimum Gasteiger partial charge on any atom is -0.384 e. The van der Waals surface area contributed by atoms with E-state index in [1.54, 1.807) is 7.11 Å². The van der Waals surface area contributed by atoms with E-state index in [0.717, 1.165) is 19.4 Å². The topological polar surface area (TPSA) is 41.6 Å². The maximum atomic E-state index is 12.5. The summed E-state index contributed by atoms with van der Waals surface area (Å²) >= 11 is 0. The van der Waals surface area contributed by atoms with Gasteiger partial charge in [-0.05, 0) is 51.6 Å². The SMILES string of the molecule is COCC1(C(=O)NCC2(N3CCCCC3)CCCC2)CC1. The molecule has 1 saturated heterocycles. The van der Waals surface area contributed by atoms with Crippen molar-refractivity contribution in [3.05, 3.63) is 0 Å². The van der Waals surface area contributed by atoms with E-state index in [0.29, 0.717) is 6.61 Å². The fourth-order valence-electron chi connectivity index (χ4n) is 4.30. The third-order valence-corrected chi connectivity index (χ3v) is 5.90. The molecule has 0 bridgehead atoms. The molecule has 4 heteroatoms. The highest BCUT2D eigenvalue weighted by molar-refractivity contribution is 5.85. The van der Waals surface area contributed by atoms with E-state index in [4.69, 9.17) is 4.74 Å². The second-order valence-electron chi connectivity index (χ2n) is 7.38. The van der Waals surface area contributed by atoms with Gasteiger partial charge in [0.2, 0.25) is 5.91 Å². The molecular formula is C17H30N2O2. The number of methoxy groups -OCH3 is 1. The standard InChI is InChI=1S/C17H30N2O2/c1-21-14-16(9-10-16)15(20)18-13-17(7-3-4-8-17)19-11-5-2-6-12-19/h2-14H2,1H3,(H,18,20). The number of nitrogens with zero attached hydrogens (tertiary/aromatic N) is 1. The van der Waals surface area contributed by atoms with Crippen LogP contribution >= 0.6 is 0 Å². The lowest BCUT2D eigenvalue weighted by Gasteiger charge is -2.44. The summed E-state index contributed by atoms with van der Waals surface area (Å²) in [5.74, 6) is 0.229. The van der Waals surface area contributed by atoms with Crippen LogP contribution in [0, 0.1) is 5.41 Å². The highest BCUT2D eigenvalue weighted by Crippen LogP contribution is 2.46. The minimum atomic E-state index is -0.198. The van der Waals surface area contributed by atoms with Crippen LogP contribution in [0.15, 0.2) is 0 Å². The molecule has 0 spiro atoms. The van der Waals surface area contributed by atoms with Crippen molar-refractivity contribution < 1.29 is 9.53 Å². The lowest BCUT2D eigenvalue weighted by molar-refractivity contribution is -0.129. The van der Waals surface area contributed by atoms with Crippen molar-refractivity contribution in [1.29, 1.82) is 0 Å². The number of piperidine rings is 1. The van der Waals surface area contributed by atoms with Crippen LogP contribution in [0.25, 0.3) is 0 Å². The molecule has 21 heavy (non-hydrogen) atoms. The maximum absolute atomic E-state index is 12.5. The Morgan fingerprint density at radius 2 is 1.71 bits per heavy atom. The van der Waals surface area contributed by atoms with E-state index in [2.05, 4.69) is 10.2 Å². The molecule has 0 atom stereocenters. The molecule has 3 aliphatic rings. The lowest BCUT2D eigenvalue weighted by Crippen LogP contribution is -2.56. The van der Waals surface area contributed by atoms with E-state index in [9.17, 15) is 4.79 Å². The van der Waals surface area contributed by atoms with Gasteiger partial charge in [-0.25, -0.2) is 0 Å². The Kier molecular flexibility index (Phi) is 4.55. The summed E-state index contributed by atoms with van der Waals surface area (Å²) < 4.78 is 5.23. The molecule has 1 N–H and O–H groups in total. The molecule has 3 fully saturated rings. The Hall–Kier alpha value is -0.610. The van der Waals surface area contributed by atoms with Gasteiger partial charge in [0.25, 0.3) is 0 Å². The van der Waals surface area contributed by atoms with Crippen LogP contribution in [0.1, 0.15) is 57.8 Å². The molecule has 0 aromatic carbocycles. The summed E-state index contributed by atoms with van der Waals surface area (Å²) in [4.78, 5) is 15.2. The van der Waals surface area contributed by atoms with Crippen molar-refractivity contribution in [2.24, 2.45) is 5.41 Å². The first kappa shape index (κ1) is 15.3. The first-order chi connectivity index (χ1) is 10.2. The highest BCUT2D eigenvalue weighted by Gasteiger charge is 2.50. The zero-order chi connectivity index (χ0) is 14.8. The molecule has 1 heterocycles. The number of hydrogen-bond donors (Lipinski definition) is 1. The molecule has 0 radical (unpaired) electrons. The van der Waals surface area contributed by atoms with Crippen molar-refractivity contribution >= 4 is 5.91 Å². The van der Waals surface area contributed by atoms with Gasteiger partial charge in [0.15, 0.2) is 0 Å². The fraction of sp³-hybridized carbons (Fsp3) is 0.941. The Labute approximate surface area is 128 Å². The van der Waals surface area contributed by atoms with E-state index < -0.39 is 0 Å². The van der Waals surface area contributed by atoms with Gasteiger partial charge in [0.05, 0.1) is 12.0 Å². The number of likely N-dealkylation sites (tertiary alicyclic amines) is 1. The van der Waals surface area contributed by atoms with E-state index in [-0.39, 0.29) is 16.9 Å². The molecule has 1 aliphatic heterocycles. The van der Waals surface area contributed by atoms with E-state index in [1.807, 2.05) is 0 Å². The van der Waals surface area contributed by atoms with Crippen LogP contribution in [0.4, 0.5) is 0 Å². The number of nitrogens with one attached hydrogen (secondary N) is 1. The first-order valence-electron chi connectivity index (χ1n) is 8.73. The monoisotopic (exact) mass is 294 g/mol. The van der Waals surface area contributed by atoms with Crippen LogP contribution in [-0.4, -0.2) is 49.7 Å². The molecule has 1 amide bonds. The smallest absolute Gasteiger partial charge is 0.228 e. The number of ether oxygens (including phenoxy) is 1. The molecule has 2 aliphatic carbocycles. The number of rotatable bonds is 6. The summed E-state index contributed by atoms with van der Waals surface area (Å²) in [6.07, 6.45) is 11.1. The van der Waals surface area contributed by atoms with Crippen molar-refractivity contribution in [1.82, 2.24) is 10.2 Å². The summed E-state index contributed by atoms with van der Waals surface area (Å²) in [5, 5.41) is 3.29. The van der Waals surface area contributed by atoms with Gasteiger partial charge >= 0.3 is 0 Å². The van der Waals surface area contributed by atoms with Crippen molar-refractivity contribution in [2.75, 3.05) is 33.4 Å². The van der Waals surface area contributed by atoms with Gasteiger partial charge in [0, 0.05) is 19.2 Å². The molecule has 120 valence electrons. The molecule has 3 rings (SSSR count). The Morgan fingerprint density at radius 3 is 2.29 bits per heavy atom. The Bertz CT molecular complexity index is 367. The number of carbonyl (C=O) groups excluding carboxylic acids is 1. The molecule has 0 aromatic heterocycles. The van der Waals surface area contributed by atoms with E-state index in [1.165, 1.54) is 58.0 Å². The molecule has 4 nitrogen and oxygen atoms in total. The van der Waals surface area contributed by atoms with Crippen molar-refractivity contribution in [3.8, 4) is 0 Å². The Morgan fingerprint density at radius 1 is 1.05 bits per heavy atom. The zero-order valence-electron chi connectivity index (χ0n) is 13.5. The quantitative estimate of drug-likeness (QED) is 0.817. The minimum absolute atomic E-state index is 0.198. The maximum Gasteiger partial charge on any atom is 0.228 e. The highest BCUT2D eigenvalue weighted by atomic mass is 16.5. The average Bonchev–Trinajstić information content (AvgIpc) is 3.15. The van der Waals surface area contributed by atoms with Gasteiger partial charge < -0.3 is 10.1 Å². The predicted octanol–water partition coefficient (Wildman–Crippen LogP) is 2.33. The number of hydrogen-bond acceptors (Lipinski definition) is 3. The summed E-state index contributed by atoms with van der Waals surface area (Å²) in [6.45, 7) is 3.87. The van der Waals surface area contributed by atoms with Crippen LogP contribution < -0.4 is 5.32 Å². The van der Waals surface area contributed by atoms with Crippen LogP contribution in [0.2, 0.25) is 0 Å². The lowest BCUT2D eigenvalue weighted by atomic mass is 9.91. The van der Waals surface area contributed by atoms with Crippen LogP contribution in [0.3, 0.4) is 0 Å². The summed E-state index contributed by atoms with van der Waals surface area (Å²) in [5.41, 5.74) is 0.0513. The van der Waals surface area contributed by atoms with Crippen LogP contribution in [-0.2, 0) is 9.53 Å². The largest absolute Gasteiger partial charge is 0.384 e. The van der Waals surface area contributed by atoms with Crippen molar-refractivity contribution in [2.45, 2.75) is 63.3 Å². The van der Waals surface area contributed by atoms with E-state index >= 15 is 0 Å². The third-order valence-electron chi connectivity index (χ3n) is 5.90. The second kappa shape index (κ2) is 6.25. The molecular weight excluding hydrogens is 264 g/mol. The zero-order valence-corrected chi connectivity index (χ0v) is 13.5. The third kappa shape index (κ3) is 3.11. The van der Waals surface area contributed by atoms with Gasteiger partial charge in [-0.15, -0.1) is 0 Å². The predicted molar refractivity (Wildman–Crippen MR) is 83.2 cm³/mol. The first-order valence-corrected chi connectivity index (χ1v) is 8.73. The number of amides is 1. The molecule has 2 saturated carbocycles. The Balaban J connectivity index is 1.59. The molecule has 0 aromatic rings. The van der Waals surface area contributed by atoms with Gasteiger partial charge in [-0.3, -0.25) is 9.69 Å². The van der Waals surface area contributed by atoms with Crippen LogP contribution in [0.5, 0.6) is 0 Å². The summed E-state index contributed by atoms with van der Waals surface area (Å²) in [7, 11) is 1.69. The normalized spacial score (nSPS) is 27.5.